The van der Waals surface area contributed by atoms with Gasteiger partial charge in [-0.15, -0.1) is 6.58 Å². The molecule has 4 heteroatoms. The number of carboxylic acids is 2. The summed E-state index contributed by atoms with van der Waals surface area (Å²) in [7, 11) is 0. The Hall–Kier alpha value is -2.10. The zero-order chi connectivity index (χ0) is 32.3. The van der Waals surface area contributed by atoms with Gasteiger partial charge < -0.3 is 10.2 Å². The lowest BCUT2D eigenvalue weighted by Crippen LogP contribution is -2.54. The summed E-state index contributed by atoms with van der Waals surface area (Å²) < 4.78 is 0. The first-order chi connectivity index (χ1) is 20.5. The van der Waals surface area contributed by atoms with Gasteiger partial charge in [-0.3, -0.25) is 9.59 Å². The van der Waals surface area contributed by atoms with Gasteiger partial charge >= 0.3 is 11.9 Å². The van der Waals surface area contributed by atoms with Crippen molar-refractivity contribution in [2.45, 2.75) is 132 Å². The number of allylic oxidation sites excluding steroid dienone is 7. The van der Waals surface area contributed by atoms with Crippen LogP contribution in [0.5, 0.6) is 0 Å². The molecule has 9 unspecified atom stereocenters. The van der Waals surface area contributed by atoms with E-state index in [1.165, 1.54) is 24.8 Å². The number of hydrogen-bond donors (Lipinski definition) is 2. The van der Waals surface area contributed by atoms with Gasteiger partial charge in [-0.25, -0.2) is 0 Å². The quantitative estimate of drug-likeness (QED) is 0.313. The topological polar surface area (TPSA) is 74.6 Å². The fraction of sp³-hybridized carbons (Fsp3) is 0.750. The van der Waals surface area contributed by atoms with Crippen LogP contribution in [0.3, 0.4) is 0 Å². The Balaban J connectivity index is 0.000000175. The Bertz CT molecular complexity index is 1270. The summed E-state index contributed by atoms with van der Waals surface area (Å²) in [6, 6.07) is 0. The second-order valence-electron chi connectivity index (χ2n) is 17.2. The molecule has 0 aromatic carbocycles. The highest BCUT2D eigenvalue weighted by molar-refractivity contribution is 5.75. The molecule has 4 fully saturated rings. The van der Waals surface area contributed by atoms with Gasteiger partial charge in [0, 0.05) is 5.41 Å². The summed E-state index contributed by atoms with van der Waals surface area (Å²) in [5, 5.41) is 19.7. The molecule has 0 bridgehead atoms. The SMILES string of the molecule is C=CC1(C)C=C2CCC3C(C)(C(=O)O)CCCC3(C)C2CC1.CC(C)C1=CCC2C(=C1)CCC1C(C)(C(=O)O)CCCC21C. The lowest BCUT2D eigenvalue weighted by Gasteiger charge is -2.59. The highest BCUT2D eigenvalue weighted by Crippen LogP contribution is 2.65. The van der Waals surface area contributed by atoms with Crippen LogP contribution in [0.15, 0.2) is 47.6 Å². The van der Waals surface area contributed by atoms with E-state index in [2.05, 4.69) is 65.5 Å². The molecule has 244 valence electrons. The van der Waals surface area contributed by atoms with Crippen molar-refractivity contribution in [2.24, 2.45) is 56.7 Å². The molecule has 9 atom stereocenters. The third-order valence-corrected chi connectivity index (χ3v) is 14.4. The van der Waals surface area contributed by atoms with Crippen LogP contribution in [0.1, 0.15) is 132 Å². The van der Waals surface area contributed by atoms with Crippen LogP contribution in [0.25, 0.3) is 0 Å². The Morgan fingerprint density at radius 1 is 0.795 bits per heavy atom. The molecule has 44 heavy (non-hydrogen) atoms. The molecular weight excluding hydrogens is 544 g/mol. The van der Waals surface area contributed by atoms with E-state index in [4.69, 9.17) is 0 Å². The van der Waals surface area contributed by atoms with Crippen molar-refractivity contribution in [1.82, 2.24) is 0 Å². The van der Waals surface area contributed by atoms with E-state index in [9.17, 15) is 19.8 Å². The molecule has 6 aliphatic carbocycles. The number of carbonyl (C=O) groups is 2. The van der Waals surface area contributed by atoms with Crippen LogP contribution in [-0.2, 0) is 9.59 Å². The van der Waals surface area contributed by atoms with Crippen molar-refractivity contribution in [3.63, 3.8) is 0 Å². The first kappa shape index (κ1) is 33.3. The predicted octanol–water partition coefficient (Wildman–Crippen LogP) is 10.4. The summed E-state index contributed by atoms with van der Waals surface area (Å²) in [5.41, 5.74) is 4.07. The number of rotatable bonds is 4. The smallest absolute Gasteiger partial charge is 0.309 e. The fourth-order valence-electron chi connectivity index (χ4n) is 11.6. The number of fused-ring (bicyclic) bond motifs is 6. The second-order valence-corrected chi connectivity index (χ2v) is 17.2. The lowest BCUT2D eigenvalue weighted by atomic mass is 9.45. The Morgan fingerprint density at radius 2 is 1.32 bits per heavy atom. The molecule has 6 rings (SSSR count). The van der Waals surface area contributed by atoms with Crippen LogP contribution >= 0.6 is 0 Å². The second kappa shape index (κ2) is 11.6. The van der Waals surface area contributed by atoms with Gasteiger partial charge in [-0.1, -0.05) is 82.9 Å². The molecule has 0 amide bonds. The van der Waals surface area contributed by atoms with Gasteiger partial charge in [0.2, 0.25) is 0 Å². The molecule has 0 aromatic heterocycles. The van der Waals surface area contributed by atoms with Gasteiger partial charge in [0.05, 0.1) is 10.8 Å². The van der Waals surface area contributed by atoms with Crippen LogP contribution < -0.4 is 0 Å². The minimum Gasteiger partial charge on any atom is -0.481 e. The molecule has 0 spiro atoms. The average Bonchev–Trinajstić information content (AvgIpc) is 2.96. The van der Waals surface area contributed by atoms with Crippen molar-refractivity contribution in [3.05, 3.63) is 47.6 Å². The molecule has 0 aliphatic heterocycles. The van der Waals surface area contributed by atoms with E-state index in [0.717, 1.165) is 64.2 Å². The van der Waals surface area contributed by atoms with E-state index in [1.807, 2.05) is 13.8 Å². The zero-order valence-corrected chi connectivity index (χ0v) is 28.8. The van der Waals surface area contributed by atoms with Gasteiger partial charge in [-0.05, 0) is 130 Å². The maximum atomic E-state index is 12.0. The highest BCUT2D eigenvalue weighted by atomic mass is 16.4. The van der Waals surface area contributed by atoms with Crippen molar-refractivity contribution >= 4 is 11.9 Å². The summed E-state index contributed by atoms with van der Waals surface area (Å²) >= 11 is 0. The Labute approximate surface area is 267 Å². The maximum Gasteiger partial charge on any atom is 0.309 e. The third-order valence-electron chi connectivity index (χ3n) is 14.4. The normalized spacial score (nSPS) is 44.6. The van der Waals surface area contributed by atoms with Crippen molar-refractivity contribution < 1.29 is 19.8 Å². The standard InChI is InChI=1S/2C20H30O2/c1-13(2)14-6-8-16-15(12-14)7-9-17-19(16,3)10-5-11-20(17,4)18(21)22;1-5-18(2)12-9-15-14(13-18)7-8-16-19(15,3)10-6-11-20(16,4)17(21)22/h6,12-13,16-17H,5,7-11H2,1-4H3,(H,21,22);5,13,15-16H,1,6-12H2,2-4H3,(H,21,22). The maximum absolute atomic E-state index is 12.0. The Morgan fingerprint density at radius 3 is 1.82 bits per heavy atom. The monoisotopic (exact) mass is 604 g/mol. The number of hydrogen-bond acceptors (Lipinski definition) is 2. The molecule has 0 heterocycles. The van der Waals surface area contributed by atoms with Crippen molar-refractivity contribution in [3.8, 4) is 0 Å². The summed E-state index contributed by atoms with van der Waals surface area (Å²) in [6.45, 7) is 19.6. The zero-order valence-electron chi connectivity index (χ0n) is 28.8. The van der Waals surface area contributed by atoms with Crippen LogP contribution in [0.2, 0.25) is 0 Å². The molecular formula is C40H60O4. The predicted molar refractivity (Wildman–Crippen MR) is 179 cm³/mol. The van der Waals surface area contributed by atoms with E-state index in [0.29, 0.717) is 29.6 Å². The first-order valence-electron chi connectivity index (χ1n) is 17.8. The summed E-state index contributed by atoms with van der Waals surface area (Å²) in [5.74, 6) is 1.22. The largest absolute Gasteiger partial charge is 0.481 e. The van der Waals surface area contributed by atoms with Gasteiger partial charge in [-0.2, -0.15) is 0 Å². The molecule has 2 N–H and O–H groups in total. The lowest BCUT2D eigenvalue weighted by molar-refractivity contribution is -0.165. The molecule has 0 saturated heterocycles. The van der Waals surface area contributed by atoms with Gasteiger partial charge in [0.1, 0.15) is 0 Å². The molecule has 0 aromatic rings. The highest BCUT2D eigenvalue weighted by Gasteiger charge is 2.59. The van der Waals surface area contributed by atoms with E-state index in [1.54, 1.807) is 11.1 Å². The average molecular weight is 605 g/mol. The van der Waals surface area contributed by atoms with E-state index < -0.39 is 22.8 Å². The number of carboxylic acid groups (broad SMARTS) is 2. The molecule has 4 saturated carbocycles. The minimum atomic E-state index is -0.581. The van der Waals surface area contributed by atoms with Crippen molar-refractivity contribution in [1.29, 1.82) is 0 Å². The third kappa shape index (κ3) is 5.28. The molecule has 4 nitrogen and oxygen atoms in total. The van der Waals surface area contributed by atoms with Crippen molar-refractivity contribution in [2.75, 3.05) is 0 Å². The molecule has 0 radical (unpaired) electrons. The van der Waals surface area contributed by atoms with E-state index >= 15 is 0 Å². The van der Waals surface area contributed by atoms with Gasteiger partial charge in [0.15, 0.2) is 0 Å². The van der Waals surface area contributed by atoms with Crippen LogP contribution in [0, 0.1) is 56.7 Å². The minimum absolute atomic E-state index is 0.139. The van der Waals surface area contributed by atoms with Crippen LogP contribution in [-0.4, -0.2) is 22.2 Å². The Kier molecular flexibility index (Phi) is 8.78. The van der Waals surface area contributed by atoms with Gasteiger partial charge in [0.25, 0.3) is 0 Å². The van der Waals surface area contributed by atoms with Crippen LogP contribution in [0.4, 0.5) is 0 Å². The number of aliphatic carboxylic acids is 2. The summed E-state index contributed by atoms with van der Waals surface area (Å²) in [4.78, 5) is 23.9. The molecule has 6 aliphatic rings. The summed E-state index contributed by atoms with van der Waals surface area (Å²) in [6.07, 6.45) is 23.3. The van der Waals surface area contributed by atoms with E-state index in [-0.39, 0.29) is 16.2 Å². The fourth-order valence-corrected chi connectivity index (χ4v) is 11.6. The first-order valence-corrected chi connectivity index (χ1v) is 17.8.